The summed E-state index contributed by atoms with van der Waals surface area (Å²) in [6.07, 6.45) is -0.899. The maximum Gasteiger partial charge on any atom is 0.338 e. The van der Waals surface area contributed by atoms with Crippen molar-refractivity contribution in [3.05, 3.63) is 105 Å². The standard InChI is InChI=1S/C27H25BrO5/c1-17-3-7-20(8-4-17)26(29)31-16-25-24(33-27(30)21-9-5-18(2)6-10-21)15-23(32-25)19-11-13-22(28)14-12-19/h3-14,23-25H,15-16H2,1-2H3/t23-,24+,25-/m1/s1. The Bertz CT molecular complexity index is 1110. The van der Waals surface area contributed by atoms with E-state index in [0.29, 0.717) is 17.5 Å². The molecule has 0 amide bonds. The fraction of sp³-hybridized carbons (Fsp3) is 0.259. The first kappa shape index (κ1) is 23.2. The second kappa shape index (κ2) is 10.3. The largest absolute Gasteiger partial charge is 0.459 e. The van der Waals surface area contributed by atoms with Crippen molar-refractivity contribution < 1.29 is 23.8 Å². The molecular formula is C27H25BrO5. The summed E-state index contributed by atoms with van der Waals surface area (Å²) in [6, 6.07) is 22.2. The van der Waals surface area contributed by atoms with Crippen LogP contribution in [0.15, 0.2) is 77.3 Å². The summed E-state index contributed by atoms with van der Waals surface area (Å²) in [6.45, 7) is 3.91. The summed E-state index contributed by atoms with van der Waals surface area (Å²) in [5.41, 5.74) is 4.04. The second-order valence-corrected chi connectivity index (χ2v) is 9.14. The van der Waals surface area contributed by atoms with Crippen LogP contribution in [0.25, 0.3) is 0 Å². The third kappa shape index (κ3) is 5.89. The van der Waals surface area contributed by atoms with Gasteiger partial charge in [-0.25, -0.2) is 9.59 Å². The van der Waals surface area contributed by atoms with Crippen LogP contribution in [-0.4, -0.2) is 30.8 Å². The van der Waals surface area contributed by atoms with Gasteiger partial charge in [0.2, 0.25) is 0 Å². The van der Waals surface area contributed by atoms with Gasteiger partial charge in [0, 0.05) is 10.9 Å². The molecule has 0 N–H and O–H groups in total. The lowest BCUT2D eigenvalue weighted by Crippen LogP contribution is -2.32. The van der Waals surface area contributed by atoms with Crippen molar-refractivity contribution in [2.75, 3.05) is 6.61 Å². The Balaban J connectivity index is 1.47. The normalized spacial score (nSPS) is 19.8. The molecule has 1 aliphatic heterocycles. The average Bonchev–Trinajstić information content (AvgIpc) is 3.21. The van der Waals surface area contributed by atoms with Gasteiger partial charge in [-0.1, -0.05) is 63.5 Å². The van der Waals surface area contributed by atoms with Gasteiger partial charge < -0.3 is 14.2 Å². The van der Waals surface area contributed by atoms with Gasteiger partial charge in [-0.2, -0.15) is 0 Å². The molecule has 0 saturated carbocycles. The van der Waals surface area contributed by atoms with E-state index in [0.717, 1.165) is 21.2 Å². The van der Waals surface area contributed by atoms with E-state index >= 15 is 0 Å². The van der Waals surface area contributed by atoms with Gasteiger partial charge >= 0.3 is 11.9 Å². The molecule has 3 atom stereocenters. The molecule has 0 unspecified atom stereocenters. The van der Waals surface area contributed by atoms with Crippen LogP contribution < -0.4 is 0 Å². The van der Waals surface area contributed by atoms with E-state index < -0.39 is 24.1 Å². The molecule has 0 aromatic heterocycles. The Morgan fingerprint density at radius 2 is 1.39 bits per heavy atom. The van der Waals surface area contributed by atoms with Crippen LogP contribution in [0.2, 0.25) is 0 Å². The molecule has 33 heavy (non-hydrogen) atoms. The van der Waals surface area contributed by atoms with E-state index in [2.05, 4.69) is 15.9 Å². The van der Waals surface area contributed by atoms with Crippen LogP contribution in [0.1, 0.15) is 49.9 Å². The Labute approximate surface area is 201 Å². The third-order valence-corrected chi connectivity index (χ3v) is 6.18. The Morgan fingerprint density at radius 3 is 1.97 bits per heavy atom. The van der Waals surface area contributed by atoms with Crippen LogP contribution in [0.4, 0.5) is 0 Å². The number of benzene rings is 3. The monoisotopic (exact) mass is 508 g/mol. The molecular weight excluding hydrogens is 484 g/mol. The van der Waals surface area contributed by atoms with Gasteiger partial charge in [0.1, 0.15) is 18.8 Å². The SMILES string of the molecule is Cc1ccc(C(=O)OC[C@H]2O[C@@H](c3ccc(Br)cc3)C[C@@H]2OC(=O)c2ccc(C)cc2)cc1. The summed E-state index contributed by atoms with van der Waals surface area (Å²) < 4.78 is 18.5. The summed E-state index contributed by atoms with van der Waals surface area (Å²) >= 11 is 3.44. The van der Waals surface area contributed by atoms with Gasteiger partial charge in [0.25, 0.3) is 0 Å². The number of halogens is 1. The third-order valence-electron chi connectivity index (χ3n) is 5.65. The molecule has 4 rings (SSSR count). The van der Waals surface area contributed by atoms with Crippen molar-refractivity contribution in [1.29, 1.82) is 0 Å². The van der Waals surface area contributed by atoms with Crippen molar-refractivity contribution in [2.24, 2.45) is 0 Å². The second-order valence-electron chi connectivity index (χ2n) is 8.22. The Morgan fingerprint density at radius 1 is 0.848 bits per heavy atom. The quantitative estimate of drug-likeness (QED) is 0.383. The fourth-order valence-electron chi connectivity index (χ4n) is 3.71. The molecule has 1 aliphatic rings. The zero-order valence-corrected chi connectivity index (χ0v) is 20.1. The molecule has 0 radical (unpaired) electrons. The number of ether oxygens (including phenoxy) is 3. The number of hydrogen-bond donors (Lipinski definition) is 0. The minimum Gasteiger partial charge on any atom is -0.459 e. The number of esters is 2. The molecule has 0 spiro atoms. The smallest absolute Gasteiger partial charge is 0.338 e. The lowest BCUT2D eigenvalue weighted by molar-refractivity contribution is -0.0427. The van der Waals surface area contributed by atoms with Crippen molar-refractivity contribution in [3.63, 3.8) is 0 Å². The van der Waals surface area contributed by atoms with E-state index in [1.54, 1.807) is 24.3 Å². The van der Waals surface area contributed by atoms with Gasteiger partial charge in [0.05, 0.1) is 17.2 Å². The topological polar surface area (TPSA) is 61.8 Å². The Hall–Kier alpha value is -2.96. The number of carbonyl (C=O) groups is 2. The van der Waals surface area contributed by atoms with Gasteiger partial charge in [-0.15, -0.1) is 0 Å². The molecule has 0 bridgehead atoms. The molecule has 6 heteroatoms. The Kier molecular flexibility index (Phi) is 7.26. The maximum absolute atomic E-state index is 12.7. The van der Waals surface area contributed by atoms with Crippen molar-refractivity contribution in [2.45, 2.75) is 38.6 Å². The number of aryl methyl sites for hydroxylation is 2. The van der Waals surface area contributed by atoms with Crippen LogP contribution in [0.5, 0.6) is 0 Å². The summed E-state index contributed by atoms with van der Waals surface area (Å²) in [4.78, 5) is 25.2. The predicted molar refractivity (Wildman–Crippen MR) is 128 cm³/mol. The molecule has 1 fully saturated rings. The molecule has 1 saturated heterocycles. The first-order valence-corrected chi connectivity index (χ1v) is 11.6. The van der Waals surface area contributed by atoms with Crippen LogP contribution in [-0.2, 0) is 14.2 Å². The number of rotatable bonds is 6. The molecule has 3 aromatic carbocycles. The highest BCUT2D eigenvalue weighted by Gasteiger charge is 2.39. The zero-order chi connectivity index (χ0) is 23.4. The molecule has 3 aromatic rings. The highest BCUT2D eigenvalue weighted by Crippen LogP contribution is 2.36. The maximum atomic E-state index is 12.7. The fourth-order valence-corrected chi connectivity index (χ4v) is 3.97. The van der Waals surface area contributed by atoms with E-state index in [4.69, 9.17) is 14.2 Å². The highest BCUT2D eigenvalue weighted by molar-refractivity contribution is 9.10. The first-order valence-electron chi connectivity index (χ1n) is 10.8. The van der Waals surface area contributed by atoms with Crippen LogP contribution >= 0.6 is 15.9 Å². The van der Waals surface area contributed by atoms with Gasteiger partial charge in [0.15, 0.2) is 0 Å². The minimum atomic E-state index is -0.567. The lowest BCUT2D eigenvalue weighted by atomic mass is 10.0. The van der Waals surface area contributed by atoms with E-state index in [1.165, 1.54) is 0 Å². The molecule has 170 valence electrons. The summed E-state index contributed by atoms with van der Waals surface area (Å²) in [5, 5.41) is 0. The summed E-state index contributed by atoms with van der Waals surface area (Å²) in [7, 11) is 0. The highest BCUT2D eigenvalue weighted by atomic mass is 79.9. The van der Waals surface area contributed by atoms with Crippen molar-refractivity contribution >= 4 is 27.9 Å². The average molecular weight is 509 g/mol. The zero-order valence-electron chi connectivity index (χ0n) is 18.5. The molecule has 0 aliphatic carbocycles. The van der Waals surface area contributed by atoms with Crippen molar-refractivity contribution in [3.8, 4) is 0 Å². The van der Waals surface area contributed by atoms with Crippen LogP contribution in [0.3, 0.4) is 0 Å². The van der Waals surface area contributed by atoms with E-state index in [9.17, 15) is 9.59 Å². The predicted octanol–water partition coefficient (Wildman–Crippen LogP) is 5.98. The summed E-state index contributed by atoms with van der Waals surface area (Å²) in [5.74, 6) is -0.857. The van der Waals surface area contributed by atoms with Crippen LogP contribution in [0, 0.1) is 13.8 Å². The molecule has 1 heterocycles. The van der Waals surface area contributed by atoms with E-state index in [1.807, 2.05) is 62.4 Å². The molecule has 5 nitrogen and oxygen atoms in total. The lowest BCUT2D eigenvalue weighted by Gasteiger charge is -2.19. The van der Waals surface area contributed by atoms with E-state index in [-0.39, 0.29) is 12.7 Å². The van der Waals surface area contributed by atoms with Crippen molar-refractivity contribution in [1.82, 2.24) is 0 Å². The number of hydrogen-bond acceptors (Lipinski definition) is 5. The van der Waals surface area contributed by atoms with Gasteiger partial charge in [-0.05, 0) is 55.8 Å². The number of carbonyl (C=O) groups excluding carboxylic acids is 2. The first-order chi connectivity index (χ1) is 15.9. The minimum absolute atomic E-state index is 0.00835. The van der Waals surface area contributed by atoms with Gasteiger partial charge in [-0.3, -0.25) is 0 Å².